The third kappa shape index (κ3) is 6.03. The van der Waals surface area contributed by atoms with E-state index in [1.54, 1.807) is 0 Å². The molecule has 1 heterocycles. The zero-order chi connectivity index (χ0) is 17.5. The van der Waals surface area contributed by atoms with Gasteiger partial charge in [-0.1, -0.05) is 35.9 Å². The van der Waals surface area contributed by atoms with Crippen LogP contribution in [0.2, 0.25) is 5.02 Å². The van der Waals surface area contributed by atoms with Crippen LogP contribution in [0.4, 0.5) is 0 Å². The summed E-state index contributed by atoms with van der Waals surface area (Å²) in [7, 11) is 2.20. The van der Waals surface area contributed by atoms with Crippen molar-refractivity contribution in [1.29, 1.82) is 0 Å². The van der Waals surface area contributed by atoms with Gasteiger partial charge in [0.05, 0.1) is 0 Å². The van der Waals surface area contributed by atoms with Crippen LogP contribution in [0.1, 0.15) is 17.5 Å². The molecular formula is C21H27ClN2O. The summed E-state index contributed by atoms with van der Waals surface area (Å²) < 4.78 is 5.92. The maximum Gasteiger partial charge on any atom is 0.120 e. The van der Waals surface area contributed by atoms with E-state index in [4.69, 9.17) is 16.3 Å². The summed E-state index contributed by atoms with van der Waals surface area (Å²) in [5, 5.41) is 0.756. The molecule has 0 atom stereocenters. The van der Waals surface area contributed by atoms with Crippen molar-refractivity contribution in [3.8, 4) is 5.75 Å². The normalized spacial score (nSPS) is 16.1. The maximum absolute atomic E-state index is 5.92. The predicted molar refractivity (Wildman–Crippen MR) is 104 cm³/mol. The third-order valence-corrected chi connectivity index (χ3v) is 5.00. The molecule has 2 aromatic rings. The summed E-state index contributed by atoms with van der Waals surface area (Å²) in [4.78, 5) is 4.97. The number of aryl methyl sites for hydroxylation is 1. The highest BCUT2D eigenvalue weighted by molar-refractivity contribution is 6.30. The molecule has 1 aliphatic rings. The Morgan fingerprint density at radius 1 is 0.960 bits per heavy atom. The molecule has 0 bridgehead atoms. The first kappa shape index (κ1) is 18.2. The molecule has 0 N–H and O–H groups in total. The number of halogens is 1. The first-order valence-corrected chi connectivity index (χ1v) is 9.44. The summed E-state index contributed by atoms with van der Waals surface area (Å²) in [5.41, 5.74) is 2.48. The Labute approximate surface area is 156 Å². The lowest BCUT2D eigenvalue weighted by Crippen LogP contribution is -2.44. The first-order valence-electron chi connectivity index (χ1n) is 9.06. The largest absolute Gasteiger partial charge is 0.489 e. The lowest BCUT2D eigenvalue weighted by atomic mass is 10.1. The van der Waals surface area contributed by atoms with E-state index in [9.17, 15) is 0 Å². The second-order valence-corrected chi connectivity index (χ2v) is 7.25. The molecular weight excluding hydrogens is 332 g/mol. The monoisotopic (exact) mass is 358 g/mol. The van der Waals surface area contributed by atoms with Crippen molar-refractivity contribution in [2.45, 2.75) is 19.4 Å². The number of benzene rings is 2. The lowest BCUT2D eigenvalue weighted by molar-refractivity contribution is 0.153. The van der Waals surface area contributed by atoms with Crippen molar-refractivity contribution in [3.05, 3.63) is 64.7 Å². The molecule has 25 heavy (non-hydrogen) atoms. The Morgan fingerprint density at radius 3 is 2.48 bits per heavy atom. The van der Waals surface area contributed by atoms with Gasteiger partial charge >= 0.3 is 0 Å². The molecule has 3 nitrogen and oxygen atoms in total. The molecule has 4 heteroatoms. The van der Waals surface area contributed by atoms with Gasteiger partial charge in [-0.15, -0.1) is 0 Å². The van der Waals surface area contributed by atoms with E-state index < -0.39 is 0 Å². The molecule has 1 aliphatic heterocycles. The number of hydrogen-bond donors (Lipinski definition) is 0. The minimum absolute atomic E-state index is 0.571. The Hall–Kier alpha value is -1.55. The standard InChI is InChI=1S/C21H27ClN2O/c1-23-12-14-24(15-13-23)11-3-5-18-4-2-6-21(16-18)25-17-19-7-9-20(22)10-8-19/h2,4,6-10,16H,3,5,11-15,17H2,1H3. The smallest absolute Gasteiger partial charge is 0.120 e. The van der Waals surface area contributed by atoms with Gasteiger partial charge < -0.3 is 14.5 Å². The Bertz CT molecular complexity index is 651. The van der Waals surface area contributed by atoms with E-state index in [1.807, 2.05) is 30.3 Å². The van der Waals surface area contributed by atoms with Gasteiger partial charge in [0, 0.05) is 31.2 Å². The molecule has 0 radical (unpaired) electrons. The number of ether oxygens (including phenoxy) is 1. The fourth-order valence-corrected chi connectivity index (χ4v) is 3.24. The fourth-order valence-electron chi connectivity index (χ4n) is 3.12. The fraction of sp³-hybridized carbons (Fsp3) is 0.429. The second kappa shape index (κ2) is 9.23. The Kier molecular flexibility index (Phi) is 6.74. The Balaban J connectivity index is 1.43. The van der Waals surface area contributed by atoms with Crippen LogP contribution in [-0.2, 0) is 13.0 Å². The van der Waals surface area contributed by atoms with Crippen LogP contribution in [0.25, 0.3) is 0 Å². The van der Waals surface area contributed by atoms with Gasteiger partial charge in [0.25, 0.3) is 0 Å². The van der Waals surface area contributed by atoms with E-state index in [1.165, 1.54) is 44.7 Å². The number of piperazine rings is 1. The SMILES string of the molecule is CN1CCN(CCCc2cccc(OCc3ccc(Cl)cc3)c2)CC1. The lowest BCUT2D eigenvalue weighted by Gasteiger charge is -2.32. The molecule has 0 aromatic heterocycles. The van der Waals surface area contributed by atoms with Crippen molar-refractivity contribution in [2.24, 2.45) is 0 Å². The zero-order valence-corrected chi connectivity index (χ0v) is 15.7. The van der Waals surface area contributed by atoms with Gasteiger partial charge in [0.15, 0.2) is 0 Å². The maximum atomic E-state index is 5.92. The summed E-state index contributed by atoms with van der Waals surface area (Å²) in [6.45, 7) is 6.52. The van der Waals surface area contributed by atoms with Crippen molar-refractivity contribution in [2.75, 3.05) is 39.8 Å². The van der Waals surface area contributed by atoms with Crippen LogP contribution in [-0.4, -0.2) is 49.6 Å². The molecule has 0 unspecified atom stereocenters. The first-order chi connectivity index (χ1) is 12.2. The minimum atomic E-state index is 0.571. The van der Waals surface area contributed by atoms with Gasteiger partial charge in [-0.25, -0.2) is 0 Å². The van der Waals surface area contributed by atoms with Crippen LogP contribution >= 0.6 is 11.6 Å². The van der Waals surface area contributed by atoms with E-state index >= 15 is 0 Å². The zero-order valence-electron chi connectivity index (χ0n) is 15.0. The number of hydrogen-bond acceptors (Lipinski definition) is 3. The number of rotatable bonds is 7. The highest BCUT2D eigenvalue weighted by atomic mass is 35.5. The van der Waals surface area contributed by atoms with Gasteiger partial charge in [0.2, 0.25) is 0 Å². The van der Waals surface area contributed by atoms with Crippen LogP contribution in [0.15, 0.2) is 48.5 Å². The number of likely N-dealkylation sites (N-methyl/N-ethyl adjacent to an activating group) is 1. The van der Waals surface area contributed by atoms with Gasteiger partial charge in [-0.05, 0) is 61.8 Å². The average molecular weight is 359 g/mol. The third-order valence-electron chi connectivity index (χ3n) is 4.75. The summed E-state index contributed by atoms with van der Waals surface area (Å²) in [6, 6.07) is 16.3. The summed E-state index contributed by atoms with van der Waals surface area (Å²) >= 11 is 5.91. The minimum Gasteiger partial charge on any atom is -0.489 e. The van der Waals surface area contributed by atoms with Crippen LogP contribution in [0.3, 0.4) is 0 Å². The van der Waals surface area contributed by atoms with Gasteiger partial charge in [-0.2, -0.15) is 0 Å². The predicted octanol–water partition coefficient (Wildman–Crippen LogP) is 4.10. The molecule has 0 saturated carbocycles. The topological polar surface area (TPSA) is 15.7 Å². The molecule has 3 rings (SSSR count). The number of nitrogens with zero attached hydrogens (tertiary/aromatic N) is 2. The van der Waals surface area contributed by atoms with Crippen molar-refractivity contribution in [3.63, 3.8) is 0 Å². The van der Waals surface area contributed by atoms with E-state index in [0.29, 0.717) is 6.61 Å². The van der Waals surface area contributed by atoms with Crippen LogP contribution in [0, 0.1) is 0 Å². The highest BCUT2D eigenvalue weighted by Crippen LogP contribution is 2.17. The summed E-state index contributed by atoms with van der Waals surface area (Å²) in [5.74, 6) is 0.937. The molecule has 0 amide bonds. The van der Waals surface area contributed by atoms with Gasteiger partial charge in [-0.3, -0.25) is 0 Å². The molecule has 1 saturated heterocycles. The van der Waals surface area contributed by atoms with Crippen LogP contribution < -0.4 is 4.74 Å². The van der Waals surface area contributed by atoms with Crippen molar-refractivity contribution < 1.29 is 4.74 Å². The van der Waals surface area contributed by atoms with Crippen LogP contribution in [0.5, 0.6) is 5.75 Å². The quantitative estimate of drug-likeness (QED) is 0.741. The summed E-state index contributed by atoms with van der Waals surface area (Å²) in [6.07, 6.45) is 2.30. The van der Waals surface area contributed by atoms with E-state index in [-0.39, 0.29) is 0 Å². The Morgan fingerprint density at radius 2 is 1.72 bits per heavy atom. The van der Waals surface area contributed by atoms with E-state index in [2.05, 4.69) is 35.0 Å². The molecule has 0 aliphatic carbocycles. The molecule has 1 fully saturated rings. The second-order valence-electron chi connectivity index (χ2n) is 6.81. The molecule has 0 spiro atoms. The average Bonchev–Trinajstić information content (AvgIpc) is 2.63. The highest BCUT2D eigenvalue weighted by Gasteiger charge is 2.12. The van der Waals surface area contributed by atoms with Crippen molar-refractivity contribution >= 4 is 11.6 Å². The van der Waals surface area contributed by atoms with E-state index in [0.717, 1.165) is 22.8 Å². The van der Waals surface area contributed by atoms with Gasteiger partial charge in [0.1, 0.15) is 12.4 Å². The molecule has 134 valence electrons. The van der Waals surface area contributed by atoms with Crippen molar-refractivity contribution in [1.82, 2.24) is 9.80 Å². The molecule has 2 aromatic carbocycles.